The summed E-state index contributed by atoms with van der Waals surface area (Å²) in [7, 11) is 0. The number of nitro groups is 1. The first kappa shape index (κ1) is 13.7. The number of halogens is 1. The maximum Gasteiger partial charge on any atom is 0.269 e. The number of nitrogens with zero attached hydrogens (tertiary/aromatic N) is 2. The maximum atomic E-state index is 10.7. The molecule has 0 aliphatic heterocycles. The summed E-state index contributed by atoms with van der Waals surface area (Å²) in [5, 5.41) is 17.9. The van der Waals surface area contributed by atoms with Crippen molar-refractivity contribution >= 4 is 28.3 Å². The molecule has 0 atom stereocenters. The van der Waals surface area contributed by atoms with Crippen molar-refractivity contribution in [1.82, 2.24) is 10.2 Å². The molecule has 0 spiro atoms. The molecule has 1 heterocycles. The molecule has 104 valence electrons. The molecule has 0 aliphatic carbocycles. The number of aromatic amines is 1. The van der Waals surface area contributed by atoms with Crippen molar-refractivity contribution < 1.29 is 4.92 Å². The number of H-pyrrole nitrogens is 1. The molecule has 0 aliphatic rings. The lowest BCUT2D eigenvalue weighted by Gasteiger charge is -1.97. The molecule has 2 aromatic carbocycles. The Hall–Kier alpha value is -2.22. The van der Waals surface area contributed by atoms with Gasteiger partial charge in [-0.25, -0.2) is 0 Å². The van der Waals surface area contributed by atoms with E-state index in [0.29, 0.717) is 0 Å². The third-order valence-electron chi connectivity index (χ3n) is 3.11. The quantitative estimate of drug-likeness (QED) is 0.412. The number of nitro benzene ring substituents is 1. The van der Waals surface area contributed by atoms with Gasteiger partial charge in [0.05, 0.1) is 16.3 Å². The SMILES string of the molecule is O=[N+]([O-])c1ccc(-c2cc(-c3ccc(I)cc3)n[nH]2)cc1. The molecule has 21 heavy (non-hydrogen) atoms. The average molecular weight is 391 g/mol. The van der Waals surface area contributed by atoms with Gasteiger partial charge >= 0.3 is 0 Å². The fourth-order valence-electron chi connectivity index (χ4n) is 2.00. The minimum atomic E-state index is -0.409. The highest BCUT2D eigenvalue weighted by Crippen LogP contribution is 2.25. The van der Waals surface area contributed by atoms with Crippen LogP contribution in [0.25, 0.3) is 22.5 Å². The third-order valence-corrected chi connectivity index (χ3v) is 3.83. The Kier molecular flexibility index (Phi) is 3.70. The lowest BCUT2D eigenvalue weighted by atomic mass is 10.1. The lowest BCUT2D eigenvalue weighted by molar-refractivity contribution is -0.384. The van der Waals surface area contributed by atoms with Gasteiger partial charge in [-0.3, -0.25) is 15.2 Å². The first-order chi connectivity index (χ1) is 10.1. The molecule has 0 radical (unpaired) electrons. The topological polar surface area (TPSA) is 71.8 Å². The molecule has 1 N–H and O–H groups in total. The summed E-state index contributed by atoms with van der Waals surface area (Å²) in [5.74, 6) is 0. The van der Waals surface area contributed by atoms with Gasteiger partial charge in [0.25, 0.3) is 5.69 Å². The first-order valence-corrected chi connectivity index (χ1v) is 7.27. The van der Waals surface area contributed by atoms with E-state index in [0.717, 1.165) is 22.5 Å². The Morgan fingerprint density at radius 1 is 1.00 bits per heavy atom. The van der Waals surface area contributed by atoms with E-state index in [9.17, 15) is 10.1 Å². The Balaban J connectivity index is 1.90. The number of nitrogens with one attached hydrogen (secondary N) is 1. The zero-order valence-corrected chi connectivity index (χ0v) is 12.9. The normalized spacial score (nSPS) is 10.5. The summed E-state index contributed by atoms with van der Waals surface area (Å²) in [6.45, 7) is 0. The van der Waals surface area contributed by atoms with E-state index in [1.807, 2.05) is 30.3 Å². The average Bonchev–Trinajstić information content (AvgIpc) is 2.98. The number of hydrogen-bond donors (Lipinski definition) is 1. The first-order valence-electron chi connectivity index (χ1n) is 6.20. The summed E-state index contributed by atoms with van der Waals surface area (Å²) in [5.41, 5.74) is 3.65. The van der Waals surface area contributed by atoms with Gasteiger partial charge in [0.1, 0.15) is 0 Å². The molecule has 0 bridgehead atoms. The highest BCUT2D eigenvalue weighted by Gasteiger charge is 2.08. The van der Waals surface area contributed by atoms with E-state index in [4.69, 9.17) is 0 Å². The molecular formula is C15H10IN3O2. The Morgan fingerprint density at radius 3 is 2.24 bits per heavy atom. The van der Waals surface area contributed by atoms with E-state index in [1.165, 1.54) is 15.7 Å². The van der Waals surface area contributed by atoms with Gasteiger partial charge in [-0.15, -0.1) is 0 Å². The fraction of sp³-hybridized carbons (Fsp3) is 0. The van der Waals surface area contributed by atoms with Crippen LogP contribution in [0.4, 0.5) is 5.69 Å². The molecule has 1 aromatic heterocycles. The summed E-state index contributed by atoms with van der Waals surface area (Å²) >= 11 is 2.26. The Bertz CT molecular complexity index is 779. The van der Waals surface area contributed by atoms with Gasteiger partial charge < -0.3 is 0 Å². The van der Waals surface area contributed by atoms with Crippen molar-refractivity contribution in [3.63, 3.8) is 0 Å². The van der Waals surface area contributed by atoms with Crippen LogP contribution in [0, 0.1) is 13.7 Å². The van der Waals surface area contributed by atoms with Crippen molar-refractivity contribution in [3.05, 3.63) is 68.3 Å². The van der Waals surface area contributed by atoms with Crippen LogP contribution in [0.15, 0.2) is 54.6 Å². The van der Waals surface area contributed by atoms with Crippen molar-refractivity contribution in [2.45, 2.75) is 0 Å². The molecule has 0 amide bonds. The number of rotatable bonds is 3. The predicted octanol–water partition coefficient (Wildman–Crippen LogP) is 4.26. The van der Waals surface area contributed by atoms with E-state index in [2.05, 4.69) is 32.8 Å². The minimum absolute atomic E-state index is 0.0797. The molecule has 0 saturated carbocycles. The van der Waals surface area contributed by atoms with Crippen LogP contribution in [-0.2, 0) is 0 Å². The minimum Gasteiger partial charge on any atom is -0.277 e. The van der Waals surface area contributed by atoms with Gasteiger partial charge in [0.2, 0.25) is 0 Å². The zero-order valence-electron chi connectivity index (χ0n) is 10.8. The number of aromatic nitrogens is 2. The second-order valence-electron chi connectivity index (χ2n) is 4.48. The van der Waals surface area contributed by atoms with E-state index >= 15 is 0 Å². The third kappa shape index (κ3) is 2.94. The smallest absolute Gasteiger partial charge is 0.269 e. The van der Waals surface area contributed by atoms with Crippen molar-refractivity contribution in [2.24, 2.45) is 0 Å². The molecule has 5 nitrogen and oxygen atoms in total. The predicted molar refractivity (Wildman–Crippen MR) is 88.8 cm³/mol. The highest BCUT2D eigenvalue weighted by atomic mass is 127. The number of non-ortho nitro benzene ring substituents is 1. The van der Waals surface area contributed by atoms with Crippen molar-refractivity contribution in [3.8, 4) is 22.5 Å². The fourth-order valence-corrected chi connectivity index (χ4v) is 2.36. The summed E-state index contributed by atoms with van der Waals surface area (Å²) in [4.78, 5) is 10.2. The van der Waals surface area contributed by atoms with Crippen LogP contribution < -0.4 is 0 Å². The standard InChI is InChI=1S/C15H10IN3O2/c16-12-5-1-10(2-6-12)14-9-15(18-17-14)11-3-7-13(8-4-11)19(20)21/h1-9H,(H,17,18). The second-order valence-corrected chi connectivity index (χ2v) is 5.72. The van der Waals surface area contributed by atoms with Crippen LogP contribution in [-0.4, -0.2) is 15.1 Å². The highest BCUT2D eigenvalue weighted by molar-refractivity contribution is 14.1. The van der Waals surface area contributed by atoms with Gasteiger partial charge in [0, 0.05) is 26.8 Å². The van der Waals surface area contributed by atoms with Gasteiger partial charge in [-0.1, -0.05) is 12.1 Å². The maximum absolute atomic E-state index is 10.7. The van der Waals surface area contributed by atoms with Gasteiger partial charge in [0.15, 0.2) is 0 Å². The molecule has 3 rings (SSSR count). The van der Waals surface area contributed by atoms with Crippen LogP contribution in [0.5, 0.6) is 0 Å². The van der Waals surface area contributed by atoms with E-state index in [-0.39, 0.29) is 5.69 Å². The number of benzene rings is 2. The lowest BCUT2D eigenvalue weighted by Crippen LogP contribution is -1.87. The molecular weight excluding hydrogens is 381 g/mol. The largest absolute Gasteiger partial charge is 0.277 e. The van der Waals surface area contributed by atoms with Crippen LogP contribution in [0.2, 0.25) is 0 Å². The molecule has 0 unspecified atom stereocenters. The van der Waals surface area contributed by atoms with Gasteiger partial charge in [-0.2, -0.15) is 5.10 Å². The summed E-state index contributed by atoms with van der Waals surface area (Å²) in [6, 6.07) is 16.4. The van der Waals surface area contributed by atoms with Gasteiger partial charge in [-0.05, 0) is 52.9 Å². The van der Waals surface area contributed by atoms with Crippen LogP contribution in [0.1, 0.15) is 0 Å². The van der Waals surface area contributed by atoms with E-state index < -0.39 is 4.92 Å². The van der Waals surface area contributed by atoms with E-state index in [1.54, 1.807) is 12.1 Å². The second kappa shape index (κ2) is 5.65. The van der Waals surface area contributed by atoms with Crippen LogP contribution >= 0.6 is 22.6 Å². The van der Waals surface area contributed by atoms with Crippen molar-refractivity contribution in [1.29, 1.82) is 0 Å². The summed E-state index contributed by atoms with van der Waals surface area (Å²) in [6.07, 6.45) is 0. The Morgan fingerprint density at radius 2 is 1.62 bits per heavy atom. The number of hydrogen-bond acceptors (Lipinski definition) is 3. The summed E-state index contributed by atoms with van der Waals surface area (Å²) < 4.78 is 1.17. The molecule has 0 fully saturated rings. The molecule has 6 heteroatoms. The monoisotopic (exact) mass is 391 g/mol. The van der Waals surface area contributed by atoms with Crippen LogP contribution in [0.3, 0.4) is 0 Å². The van der Waals surface area contributed by atoms with Crippen molar-refractivity contribution in [2.75, 3.05) is 0 Å². The zero-order chi connectivity index (χ0) is 14.8. The molecule has 3 aromatic rings. The molecule has 0 saturated heterocycles. The Labute approximate surface area is 134 Å².